The summed E-state index contributed by atoms with van der Waals surface area (Å²) in [6, 6.07) is -0.427. The second-order valence-electron chi connectivity index (χ2n) is 3.81. The van der Waals surface area contributed by atoms with Crippen LogP contribution in [0, 0.1) is 10.1 Å². The van der Waals surface area contributed by atoms with Gasteiger partial charge in [-0.25, -0.2) is 0 Å². The zero-order valence-corrected chi connectivity index (χ0v) is 9.15. The van der Waals surface area contributed by atoms with Gasteiger partial charge in [0.05, 0.1) is 4.92 Å². The topological polar surface area (TPSA) is 81.3 Å². The van der Waals surface area contributed by atoms with E-state index in [9.17, 15) is 14.9 Å². The van der Waals surface area contributed by atoms with Gasteiger partial charge in [0, 0.05) is 13.1 Å². The van der Waals surface area contributed by atoms with Crippen molar-refractivity contribution in [1.82, 2.24) is 14.7 Å². The number of hydrogen-bond donors (Lipinski definition) is 0. The second kappa shape index (κ2) is 4.36. The van der Waals surface area contributed by atoms with Gasteiger partial charge in [-0.15, -0.1) is 6.58 Å². The van der Waals surface area contributed by atoms with Gasteiger partial charge < -0.3 is 4.90 Å². The Morgan fingerprint density at radius 3 is 3.06 bits per heavy atom. The number of carbonyl (C=O) groups excluding carboxylic acids is 1. The van der Waals surface area contributed by atoms with Gasteiger partial charge in [0.25, 0.3) is 0 Å². The standard InChI is InChI=1S/C10H12N4O3/c1-2-4-12-5-3-9(10(12)15)13-7-8(6-11-13)14(16)17/h2,6-7,9H,1,3-5H2/t9-/m1/s1. The molecule has 17 heavy (non-hydrogen) atoms. The molecule has 1 saturated heterocycles. The van der Waals surface area contributed by atoms with Gasteiger partial charge in [-0.05, 0) is 6.42 Å². The van der Waals surface area contributed by atoms with Gasteiger partial charge in [0.15, 0.2) is 0 Å². The fourth-order valence-corrected chi connectivity index (χ4v) is 1.90. The normalized spacial score (nSPS) is 19.6. The molecule has 0 spiro atoms. The summed E-state index contributed by atoms with van der Waals surface area (Å²) in [6.45, 7) is 4.70. The number of nitro groups is 1. The van der Waals surface area contributed by atoms with E-state index in [1.165, 1.54) is 10.9 Å². The number of rotatable bonds is 4. The van der Waals surface area contributed by atoms with Crippen LogP contribution in [0.1, 0.15) is 12.5 Å². The maximum absolute atomic E-state index is 11.9. The van der Waals surface area contributed by atoms with Crippen LogP contribution in [0.2, 0.25) is 0 Å². The summed E-state index contributed by atoms with van der Waals surface area (Å²) in [5.41, 5.74) is -0.0972. The van der Waals surface area contributed by atoms with E-state index < -0.39 is 11.0 Å². The summed E-state index contributed by atoms with van der Waals surface area (Å²) in [7, 11) is 0. The van der Waals surface area contributed by atoms with Crippen molar-refractivity contribution >= 4 is 11.6 Å². The Bertz CT molecular complexity index is 468. The first kappa shape index (κ1) is 11.3. The third kappa shape index (κ3) is 2.03. The number of aromatic nitrogens is 2. The molecule has 7 heteroatoms. The van der Waals surface area contributed by atoms with Crippen LogP contribution < -0.4 is 0 Å². The fraction of sp³-hybridized carbons (Fsp3) is 0.400. The highest BCUT2D eigenvalue weighted by Gasteiger charge is 2.33. The van der Waals surface area contributed by atoms with E-state index in [1.54, 1.807) is 11.0 Å². The van der Waals surface area contributed by atoms with E-state index in [4.69, 9.17) is 0 Å². The minimum Gasteiger partial charge on any atom is -0.337 e. The molecule has 0 saturated carbocycles. The lowest BCUT2D eigenvalue weighted by Gasteiger charge is -2.13. The summed E-state index contributed by atoms with van der Waals surface area (Å²) in [5.74, 6) is -0.0668. The minimum absolute atomic E-state index is 0.0668. The third-order valence-electron chi connectivity index (χ3n) is 2.74. The molecule has 2 heterocycles. The van der Waals surface area contributed by atoms with Crippen LogP contribution in [-0.4, -0.2) is 38.6 Å². The summed E-state index contributed by atoms with van der Waals surface area (Å²) < 4.78 is 1.36. The first-order chi connectivity index (χ1) is 8.13. The molecule has 1 fully saturated rings. The predicted molar refractivity (Wildman–Crippen MR) is 59.3 cm³/mol. The van der Waals surface area contributed by atoms with E-state index in [-0.39, 0.29) is 11.6 Å². The molecule has 2 rings (SSSR count). The van der Waals surface area contributed by atoms with Gasteiger partial charge in [0.1, 0.15) is 18.4 Å². The average molecular weight is 236 g/mol. The van der Waals surface area contributed by atoms with Crippen molar-refractivity contribution in [3.05, 3.63) is 35.2 Å². The van der Waals surface area contributed by atoms with Gasteiger partial charge >= 0.3 is 5.69 Å². The van der Waals surface area contributed by atoms with Crippen LogP contribution in [0.25, 0.3) is 0 Å². The number of likely N-dealkylation sites (tertiary alicyclic amines) is 1. The third-order valence-corrected chi connectivity index (χ3v) is 2.74. The van der Waals surface area contributed by atoms with Crippen LogP contribution in [-0.2, 0) is 4.79 Å². The molecule has 1 aromatic rings. The van der Waals surface area contributed by atoms with Crippen LogP contribution in [0.5, 0.6) is 0 Å². The Labute approximate surface area is 97.5 Å². The molecule has 1 aliphatic rings. The quantitative estimate of drug-likeness (QED) is 0.439. The molecule has 0 aromatic carbocycles. The van der Waals surface area contributed by atoms with Crippen LogP contribution in [0.15, 0.2) is 25.0 Å². The molecular weight excluding hydrogens is 224 g/mol. The number of carbonyl (C=O) groups is 1. The van der Waals surface area contributed by atoms with Gasteiger partial charge in [-0.3, -0.25) is 19.6 Å². The van der Waals surface area contributed by atoms with Crippen molar-refractivity contribution in [1.29, 1.82) is 0 Å². The fourth-order valence-electron chi connectivity index (χ4n) is 1.90. The van der Waals surface area contributed by atoms with Crippen molar-refractivity contribution in [2.24, 2.45) is 0 Å². The molecule has 7 nitrogen and oxygen atoms in total. The van der Waals surface area contributed by atoms with Crippen molar-refractivity contribution in [3.8, 4) is 0 Å². The molecule has 0 bridgehead atoms. The van der Waals surface area contributed by atoms with Crippen LogP contribution in [0.3, 0.4) is 0 Å². The average Bonchev–Trinajstić information content (AvgIpc) is 2.87. The summed E-state index contributed by atoms with van der Waals surface area (Å²) in [5, 5.41) is 14.4. The highest BCUT2D eigenvalue weighted by molar-refractivity contribution is 5.82. The zero-order chi connectivity index (χ0) is 12.4. The largest absolute Gasteiger partial charge is 0.337 e. The summed E-state index contributed by atoms with van der Waals surface area (Å²) in [4.78, 5) is 23.6. The Morgan fingerprint density at radius 1 is 1.71 bits per heavy atom. The van der Waals surface area contributed by atoms with Gasteiger partial charge in [-0.1, -0.05) is 6.08 Å². The van der Waals surface area contributed by atoms with Gasteiger partial charge in [-0.2, -0.15) is 5.10 Å². The first-order valence-electron chi connectivity index (χ1n) is 5.21. The first-order valence-corrected chi connectivity index (χ1v) is 5.21. The highest BCUT2D eigenvalue weighted by Crippen LogP contribution is 2.24. The lowest BCUT2D eigenvalue weighted by atomic mass is 10.2. The number of amides is 1. The smallest absolute Gasteiger partial charge is 0.307 e. The lowest BCUT2D eigenvalue weighted by Crippen LogP contribution is -2.28. The molecule has 1 amide bonds. The Kier molecular flexibility index (Phi) is 2.90. The second-order valence-corrected chi connectivity index (χ2v) is 3.81. The molecule has 0 radical (unpaired) electrons. The summed E-state index contributed by atoms with van der Waals surface area (Å²) in [6.07, 6.45) is 4.72. The summed E-state index contributed by atoms with van der Waals surface area (Å²) >= 11 is 0. The molecule has 1 aliphatic heterocycles. The maximum Gasteiger partial charge on any atom is 0.307 e. The van der Waals surface area contributed by atoms with Crippen molar-refractivity contribution in [2.75, 3.05) is 13.1 Å². The number of nitrogens with zero attached hydrogens (tertiary/aromatic N) is 4. The van der Waals surface area contributed by atoms with Crippen molar-refractivity contribution in [2.45, 2.75) is 12.5 Å². The van der Waals surface area contributed by atoms with Crippen molar-refractivity contribution < 1.29 is 9.72 Å². The molecule has 1 aromatic heterocycles. The van der Waals surface area contributed by atoms with Crippen LogP contribution in [0.4, 0.5) is 5.69 Å². The van der Waals surface area contributed by atoms with Gasteiger partial charge in [0.2, 0.25) is 5.91 Å². The monoisotopic (exact) mass is 236 g/mol. The van der Waals surface area contributed by atoms with E-state index in [1.807, 2.05) is 0 Å². The molecule has 0 N–H and O–H groups in total. The number of hydrogen-bond acceptors (Lipinski definition) is 4. The lowest BCUT2D eigenvalue weighted by molar-refractivity contribution is -0.385. The zero-order valence-electron chi connectivity index (χ0n) is 9.15. The van der Waals surface area contributed by atoms with E-state index in [0.29, 0.717) is 19.5 Å². The van der Waals surface area contributed by atoms with Crippen molar-refractivity contribution in [3.63, 3.8) is 0 Å². The Hall–Kier alpha value is -2.18. The predicted octanol–water partition coefficient (Wildman–Crippen LogP) is 0.751. The van der Waals surface area contributed by atoms with E-state index in [0.717, 1.165) is 6.20 Å². The van der Waals surface area contributed by atoms with Crippen LogP contribution >= 0.6 is 0 Å². The SMILES string of the molecule is C=CCN1CC[C@@H](n2cc([N+](=O)[O-])cn2)C1=O. The highest BCUT2D eigenvalue weighted by atomic mass is 16.6. The molecule has 1 atom stereocenters. The Balaban J connectivity index is 2.15. The van der Waals surface area contributed by atoms with E-state index in [2.05, 4.69) is 11.7 Å². The van der Waals surface area contributed by atoms with E-state index >= 15 is 0 Å². The Morgan fingerprint density at radius 2 is 2.47 bits per heavy atom. The molecular formula is C10H12N4O3. The molecule has 90 valence electrons. The minimum atomic E-state index is -0.523. The maximum atomic E-state index is 11.9. The molecule has 0 aliphatic carbocycles. The molecule has 0 unspecified atom stereocenters.